The Labute approximate surface area is 82.2 Å². The highest BCUT2D eigenvalue weighted by Crippen LogP contribution is 2.07. The van der Waals surface area contributed by atoms with E-state index < -0.39 is 12.0 Å². The summed E-state index contributed by atoms with van der Waals surface area (Å²) in [6.07, 6.45) is 2.35. The van der Waals surface area contributed by atoms with Crippen LogP contribution in [-0.2, 0) is 11.2 Å². The molecule has 0 aliphatic rings. The van der Waals surface area contributed by atoms with Crippen LogP contribution >= 0.6 is 0 Å². The normalized spacial score (nSPS) is 12.4. The van der Waals surface area contributed by atoms with Crippen LogP contribution in [0, 0.1) is 0 Å². The van der Waals surface area contributed by atoms with E-state index in [0.29, 0.717) is 5.82 Å². The zero-order valence-electron chi connectivity index (χ0n) is 8.19. The van der Waals surface area contributed by atoms with E-state index in [0.717, 1.165) is 12.1 Å². The Balaban J connectivity index is 2.98. The summed E-state index contributed by atoms with van der Waals surface area (Å²) < 4.78 is 0. The minimum Gasteiger partial charge on any atom is -0.480 e. The SMILES string of the molecule is CCc1ccnc(C(NC)C(=O)O)n1. The quantitative estimate of drug-likeness (QED) is 0.726. The van der Waals surface area contributed by atoms with Crippen molar-refractivity contribution in [3.63, 3.8) is 0 Å². The number of aromatic nitrogens is 2. The van der Waals surface area contributed by atoms with E-state index in [9.17, 15) is 4.79 Å². The molecule has 0 spiro atoms. The molecule has 0 aliphatic heterocycles. The zero-order valence-corrected chi connectivity index (χ0v) is 8.19. The van der Waals surface area contributed by atoms with Gasteiger partial charge in [-0.05, 0) is 19.5 Å². The summed E-state index contributed by atoms with van der Waals surface area (Å²) in [7, 11) is 1.57. The number of aliphatic carboxylic acids is 1. The predicted molar refractivity (Wildman–Crippen MR) is 50.8 cm³/mol. The van der Waals surface area contributed by atoms with Gasteiger partial charge in [-0.1, -0.05) is 6.92 Å². The summed E-state index contributed by atoms with van der Waals surface area (Å²) in [4.78, 5) is 18.8. The molecule has 1 heterocycles. The Kier molecular flexibility index (Phi) is 3.53. The Morgan fingerprint density at radius 2 is 2.43 bits per heavy atom. The molecule has 0 radical (unpaired) electrons. The number of nitrogens with zero attached hydrogens (tertiary/aromatic N) is 2. The van der Waals surface area contributed by atoms with Gasteiger partial charge in [-0.15, -0.1) is 0 Å². The number of hydrogen-bond acceptors (Lipinski definition) is 4. The second kappa shape index (κ2) is 4.66. The highest BCUT2D eigenvalue weighted by Gasteiger charge is 2.20. The summed E-state index contributed by atoms with van der Waals surface area (Å²) in [5.74, 6) is -0.667. The molecule has 0 aliphatic carbocycles. The zero-order chi connectivity index (χ0) is 10.6. The van der Waals surface area contributed by atoms with Crippen molar-refractivity contribution in [2.45, 2.75) is 19.4 Å². The van der Waals surface area contributed by atoms with Crippen molar-refractivity contribution in [2.24, 2.45) is 0 Å². The van der Waals surface area contributed by atoms with E-state index in [4.69, 9.17) is 5.11 Å². The third-order valence-electron chi connectivity index (χ3n) is 1.89. The number of likely N-dealkylation sites (N-methyl/N-ethyl adjacent to an activating group) is 1. The fraction of sp³-hybridized carbons (Fsp3) is 0.444. The molecular formula is C9H13N3O2. The Morgan fingerprint density at radius 3 is 2.93 bits per heavy atom. The fourth-order valence-corrected chi connectivity index (χ4v) is 1.11. The van der Waals surface area contributed by atoms with Crippen LogP contribution in [0.25, 0.3) is 0 Å². The lowest BCUT2D eigenvalue weighted by Gasteiger charge is -2.09. The van der Waals surface area contributed by atoms with Crippen LogP contribution in [0.2, 0.25) is 0 Å². The fourth-order valence-electron chi connectivity index (χ4n) is 1.11. The number of rotatable bonds is 4. The highest BCUT2D eigenvalue weighted by molar-refractivity contribution is 5.74. The second-order valence-electron chi connectivity index (χ2n) is 2.82. The van der Waals surface area contributed by atoms with E-state index in [1.807, 2.05) is 6.92 Å². The van der Waals surface area contributed by atoms with E-state index in [1.165, 1.54) is 0 Å². The van der Waals surface area contributed by atoms with Gasteiger partial charge in [0.2, 0.25) is 0 Å². The van der Waals surface area contributed by atoms with Gasteiger partial charge in [0.1, 0.15) is 0 Å². The monoisotopic (exact) mass is 195 g/mol. The van der Waals surface area contributed by atoms with Crippen LogP contribution in [0.3, 0.4) is 0 Å². The maximum absolute atomic E-state index is 10.8. The van der Waals surface area contributed by atoms with Crippen molar-refractivity contribution in [1.82, 2.24) is 15.3 Å². The second-order valence-corrected chi connectivity index (χ2v) is 2.82. The summed E-state index contributed by atoms with van der Waals surface area (Å²) in [5, 5.41) is 11.5. The molecule has 5 nitrogen and oxygen atoms in total. The molecule has 5 heteroatoms. The summed E-state index contributed by atoms with van der Waals surface area (Å²) in [6, 6.07) is 0.944. The molecule has 0 saturated heterocycles. The first-order valence-electron chi connectivity index (χ1n) is 4.41. The molecule has 14 heavy (non-hydrogen) atoms. The molecule has 0 amide bonds. The molecule has 0 fully saturated rings. The first-order valence-corrected chi connectivity index (χ1v) is 4.41. The van der Waals surface area contributed by atoms with Crippen molar-refractivity contribution < 1.29 is 9.90 Å². The van der Waals surface area contributed by atoms with Gasteiger partial charge in [0.25, 0.3) is 0 Å². The Hall–Kier alpha value is -1.49. The molecule has 0 aromatic carbocycles. The summed E-state index contributed by atoms with van der Waals surface area (Å²) in [5.41, 5.74) is 0.844. The van der Waals surface area contributed by atoms with Gasteiger partial charge in [-0.3, -0.25) is 4.79 Å². The highest BCUT2D eigenvalue weighted by atomic mass is 16.4. The van der Waals surface area contributed by atoms with E-state index >= 15 is 0 Å². The van der Waals surface area contributed by atoms with Crippen LogP contribution in [0.5, 0.6) is 0 Å². The van der Waals surface area contributed by atoms with E-state index in [-0.39, 0.29) is 0 Å². The lowest BCUT2D eigenvalue weighted by molar-refractivity contribution is -0.139. The van der Waals surface area contributed by atoms with Crippen LogP contribution < -0.4 is 5.32 Å². The number of aryl methyl sites for hydroxylation is 1. The van der Waals surface area contributed by atoms with E-state index in [2.05, 4.69) is 15.3 Å². The largest absolute Gasteiger partial charge is 0.480 e. The maximum Gasteiger partial charge on any atom is 0.328 e. The van der Waals surface area contributed by atoms with Crippen LogP contribution in [-0.4, -0.2) is 28.1 Å². The van der Waals surface area contributed by atoms with Crippen molar-refractivity contribution >= 4 is 5.97 Å². The molecule has 0 bridgehead atoms. The van der Waals surface area contributed by atoms with Gasteiger partial charge < -0.3 is 10.4 Å². The number of carbonyl (C=O) groups is 1. The first kappa shape index (κ1) is 10.6. The van der Waals surface area contributed by atoms with E-state index in [1.54, 1.807) is 19.3 Å². The molecule has 0 saturated carbocycles. The van der Waals surface area contributed by atoms with Gasteiger partial charge in [0.05, 0.1) is 0 Å². The van der Waals surface area contributed by atoms with Crippen molar-refractivity contribution in [3.8, 4) is 0 Å². The average Bonchev–Trinajstić information content (AvgIpc) is 2.19. The summed E-state index contributed by atoms with van der Waals surface area (Å²) in [6.45, 7) is 1.96. The van der Waals surface area contributed by atoms with Gasteiger partial charge >= 0.3 is 5.97 Å². The third-order valence-corrected chi connectivity index (χ3v) is 1.89. The average molecular weight is 195 g/mol. The van der Waals surface area contributed by atoms with Gasteiger partial charge in [0, 0.05) is 11.9 Å². The van der Waals surface area contributed by atoms with Gasteiger partial charge in [-0.25, -0.2) is 9.97 Å². The number of carboxylic acid groups (broad SMARTS) is 1. The van der Waals surface area contributed by atoms with Crippen molar-refractivity contribution in [1.29, 1.82) is 0 Å². The van der Waals surface area contributed by atoms with Crippen LogP contribution in [0.1, 0.15) is 24.5 Å². The van der Waals surface area contributed by atoms with Crippen LogP contribution in [0.15, 0.2) is 12.3 Å². The number of hydrogen-bond donors (Lipinski definition) is 2. The van der Waals surface area contributed by atoms with Crippen molar-refractivity contribution in [2.75, 3.05) is 7.05 Å². The lowest BCUT2D eigenvalue weighted by atomic mass is 10.2. The molecule has 2 N–H and O–H groups in total. The third kappa shape index (κ3) is 2.26. The topological polar surface area (TPSA) is 75.1 Å². The van der Waals surface area contributed by atoms with Crippen LogP contribution in [0.4, 0.5) is 0 Å². The molecule has 1 aromatic heterocycles. The van der Waals surface area contributed by atoms with Gasteiger partial charge in [0.15, 0.2) is 11.9 Å². The smallest absolute Gasteiger partial charge is 0.328 e. The molecular weight excluding hydrogens is 182 g/mol. The van der Waals surface area contributed by atoms with Gasteiger partial charge in [-0.2, -0.15) is 0 Å². The molecule has 76 valence electrons. The molecule has 1 unspecified atom stereocenters. The number of nitrogens with one attached hydrogen (secondary N) is 1. The summed E-state index contributed by atoms with van der Waals surface area (Å²) >= 11 is 0. The minimum absolute atomic E-state index is 0.305. The maximum atomic E-state index is 10.8. The standard InChI is InChI=1S/C9H13N3O2/c1-3-6-4-5-11-8(12-6)7(10-2)9(13)14/h4-5,7,10H,3H2,1-2H3,(H,13,14). The molecule has 1 rings (SSSR count). The molecule has 1 atom stereocenters. The number of carboxylic acids is 1. The minimum atomic E-state index is -0.972. The van der Waals surface area contributed by atoms with Crippen molar-refractivity contribution in [3.05, 3.63) is 23.8 Å². The predicted octanol–water partition coefficient (Wildman–Crippen LogP) is 0.384. The Morgan fingerprint density at radius 1 is 1.71 bits per heavy atom. The lowest BCUT2D eigenvalue weighted by Crippen LogP contribution is -2.27. The molecule has 1 aromatic rings. The Bertz CT molecular complexity index is 328. The first-order chi connectivity index (χ1) is 6.69.